The van der Waals surface area contributed by atoms with Crippen LogP contribution in [0.3, 0.4) is 0 Å². The first-order valence-electron chi connectivity index (χ1n) is 7.82. The summed E-state index contributed by atoms with van der Waals surface area (Å²) < 4.78 is 5.11. The lowest BCUT2D eigenvalue weighted by molar-refractivity contribution is 0.0505. The molecular weight excluding hydrogens is 320 g/mol. The van der Waals surface area contributed by atoms with Gasteiger partial charge in [-0.15, -0.1) is 11.8 Å². The third kappa shape index (κ3) is 4.59. The van der Waals surface area contributed by atoms with Crippen LogP contribution in [-0.2, 0) is 10.5 Å². The molecule has 0 aliphatic rings. The number of carbonyl (C=O) groups is 1. The number of benzene rings is 1. The largest absolute Gasteiger partial charge is 0.462 e. The average Bonchev–Trinajstić information content (AvgIpc) is 2.58. The molecule has 0 atom stereocenters. The van der Waals surface area contributed by atoms with Crippen molar-refractivity contribution < 1.29 is 9.53 Å². The molecule has 0 spiro atoms. The second-order valence-electron chi connectivity index (χ2n) is 5.49. The van der Waals surface area contributed by atoms with Crippen LogP contribution >= 0.6 is 11.8 Å². The van der Waals surface area contributed by atoms with Crippen molar-refractivity contribution in [1.29, 1.82) is 5.26 Å². The zero-order chi connectivity index (χ0) is 17.5. The number of hydrogen-bond acceptors (Lipinski definition) is 5. The fourth-order valence-corrected chi connectivity index (χ4v) is 3.27. The molecule has 0 bridgehead atoms. The van der Waals surface area contributed by atoms with Crippen molar-refractivity contribution in [2.24, 2.45) is 0 Å². The number of rotatable bonds is 6. The van der Waals surface area contributed by atoms with Gasteiger partial charge in [0.1, 0.15) is 11.1 Å². The van der Waals surface area contributed by atoms with Crippen LogP contribution < -0.4 is 0 Å². The first kappa shape index (κ1) is 18.0. The number of esters is 1. The molecule has 0 aliphatic heterocycles. The third-order valence-electron chi connectivity index (χ3n) is 3.43. The van der Waals surface area contributed by atoms with Crippen molar-refractivity contribution in [2.45, 2.75) is 38.0 Å². The second-order valence-corrected chi connectivity index (χ2v) is 6.46. The van der Waals surface area contributed by atoms with E-state index in [2.05, 4.69) is 11.1 Å². The molecule has 0 fully saturated rings. The summed E-state index contributed by atoms with van der Waals surface area (Å²) in [6.45, 7) is 6.25. The van der Waals surface area contributed by atoms with Gasteiger partial charge in [0.25, 0.3) is 0 Å². The Kier molecular flexibility index (Phi) is 6.39. The molecule has 0 radical (unpaired) electrons. The van der Waals surface area contributed by atoms with E-state index in [-0.39, 0.29) is 5.97 Å². The smallest absolute Gasteiger partial charge is 0.338 e. The summed E-state index contributed by atoms with van der Waals surface area (Å²) in [4.78, 5) is 16.2. The van der Waals surface area contributed by atoms with Crippen LogP contribution in [0.5, 0.6) is 0 Å². The highest BCUT2D eigenvalue weighted by Crippen LogP contribution is 2.26. The Labute approximate surface area is 146 Å². The van der Waals surface area contributed by atoms with Crippen LogP contribution in [-0.4, -0.2) is 17.6 Å². The number of aromatic nitrogens is 1. The standard InChI is InChI=1S/C19H20N2O2S/c1-4-9-23-19(22)16-7-5-15(6-8-16)12-24-18-17(11-20)13(2)10-14(3)21-18/h5-8,10H,4,9,12H2,1-3H3. The van der Waals surface area contributed by atoms with Gasteiger partial charge in [0.15, 0.2) is 0 Å². The first-order valence-corrected chi connectivity index (χ1v) is 8.81. The highest BCUT2D eigenvalue weighted by atomic mass is 32.2. The summed E-state index contributed by atoms with van der Waals surface area (Å²) in [7, 11) is 0. The number of hydrogen-bond donors (Lipinski definition) is 0. The van der Waals surface area contributed by atoms with Crippen LogP contribution in [0, 0.1) is 25.2 Å². The molecule has 5 heteroatoms. The molecule has 0 saturated heterocycles. The zero-order valence-corrected chi connectivity index (χ0v) is 14.9. The lowest BCUT2D eigenvalue weighted by atomic mass is 10.1. The van der Waals surface area contributed by atoms with E-state index in [9.17, 15) is 10.1 Å². The minimum Gasteiger partial charge on any atom is -0.462 e. The number of aryl methyl sites for hydroxylation is 2. The van der Waals surface area contributed by atoms with E-state index < -0.39 is 0 Å². The van der Waals surface area contributed by atoms with E-state index in [1.54, 1.807) is 12.1 Å². The van der Waals surface area contributed by atoms with Gasteiger partial charge in [-0.05, 0) is 49.6 Å². The summed E-state index contributed by atoms with van der Waals surface area (Å²) in [6, 6.07) is 11.5. The Balaban J connectivity index is 2.06. The predicted octanol–water partition coefficient (Wildman–Crippen LogP) is 4.43. The van der Waals surface area contributed by atoms with E-state index in [1.165, 1.54) is 11.8 Å². The van der Waals surface area contributed by atoms with Crippen molar-refractivity contribution in [2.75, 3.05) is 6.61 Å². The van der Waals surface area contributed by atoms with E-state index in [0.29, 0.717) is 23.5 Å². The lowest BCUT2D eigenvalue weighted by Gasteiger charge is -2.08. The topological polar surface area (TPSA) is 63.0 Å². The summed E-state index contributed by atoms with van der Waals surface area (Å²) in [5, 5.41) is 10.1. The number of carbonyl (C=O) groups excluding carboxylic acids is 1. The van der Waals surface area contributed by atoms with Crippen molar-refractivity contribution in [3.63, 3.8) is 0 Å². The van der Waals surface area contributed by atoms with Crippen LogP contribution in [0.4, 0.5) is 0 Å². The Hall–Kier alpha value is -2.32. The van der Waals surface area contributed by atoms with Gasteiger partial charge in [-0.2, -0.15) is 5.26 Å². The zero-order valence-electron chi connectivity index (χ0n) is 14.1. The second kappa shape index (κ2) is 8.51. The molecular formula is C19H20N2O2S. The number of nitriles is 1. The van der Waals surface area contributed by atoms with Gasteiger partial charge in [0, 0.05) is 11.4 Å². The van der Waals surface area contributed by atoms with E-state index in [1.807, 2.05) is 39.0 Å². The Morgan fingerprint density at radius 1 is 1.29 bits per heavy atom. The van der Waals surface area contributed by atoms with E-state index in [0.717, 1.165) is 28.3 Å². The fourth-order valence-electron chi connectivity index (χ4n) is 2.21. The highest BCUT2D eigenvalue weighted by Gasteiger charge is 2.10. The molecule has 1 aromatic heterocycles. The molecule has 0 amide bonds. The van der Waals surface area contributed by atoms with Gasteiger partial charge in [0.2, 0.25) is 0 Å². The van der Waals surface area contributed by atoms with Gasteiger partial charge in [-0.1, -0.05) is 19.1 Å². The molecule has 0 N–H and O–H groups in total. The third-order valence-corrected chi connectivity index (χ3v) is 4.47. The normalized spacial score (nSPS) is 10.2. The Morgan fingerprint density at radius 3 is 2.62 bits per heavy atom. The molecule has 2 rings (SSSR count). The van der Waals surface area contributed by atoms with Gasteiger partial charge >= 0.3 is 5.97 Å². The van der Waals surface area contributed by atoms with Crippen molar-refractivity contribution in [1.82, 2.24) is 4.98 Å². The number of ether oxygens (including phenoxy) is 1. The monoisotopic (exact) mass is 340 g/mol. The Bertz CT molecular complexity index is 764. The summed E-state index contributed by atoms with van der Waals surface area (Å²) in [6.07, 6.45) is 0.810. The van der Waals surface area contributed by atoms with Crippen LogP contribution in [0.2, 0.25) is 0 Å². The molecule has 0 aliphatic carbocycles. The number of pyridine rings is 1. The van der Waals surface area contributed by atoms with Gasteiger partial charge in [-0.25, -0.2) is 9.78 Å². The Morgan fingerprint density at radius 2 is 2.00 bits per heavy atom. The maximum Gasteiger partial charge on any atom is 0.338 e. The highest BCUT2D eigenvalue weighted by molar-refractivity contribution is 7.98. The summed E-state index contributed by atoms with van der Waals surface area (Å²) >= 11 is 1.53. The molecule has 4 nitrogen and oxygen atoms in total. The van der Waals surface area contributed by atoms with Crippen LogP contribution in [0.1, 0.15) is 46.1 Å². The summed E-state index contributed by atoms with van der Waals surface area (Å²) in [5.41, 5.74) is 4.10. The first-order chi connectivity index (χ1) is 11.5. The lowest BCUT2D eigenvalue weighted by Crippen LogP contribution is -2.05. The van der Waals surface area contributed by atoms with E-state index in [4.69, 9.17) is 4.74 Å². The fraction of sp³-hybridized carbons (Fsp3) is 0.316. The van der Waals surface area contributed by atoms with Gasteiger partial charge in [0.05, 0.1) is 17.7 Å². The quantitative estimate of drug-likeness (QED) is 0.575. The van der Waals surface area contributed by atoms with Crippen molar-refractivity contribution >= 4 is 17.7 Å². The van der Waals surface area contributed by atoms with Crippen LogP contribution in [0.15, 0.2) is 35.4 Å². The maximum atomic E-state index is 11.8. The predicted molar refractivity (Wildman–Crippen MR) is 95.0 cm³/mol. The van der Waals surface area contributed by atoms with Crippen LogP contribution in [0.25, 0.3) is 0 Å². The van der Waals surface area contributed by atoms with E-state index >= 15 is 0 Å². The molecule has 2 aromatic rings. The minimum absolute atomic E-state index is 0.293. The van der Waals surface area contributed by atoms with Crippen molar-refractivity contribution in [3.8, 4) is 6.07 Å². The molecule has 1 heterocycles. The molecule has 24 heavy (non-hydrogen) atoms. The van der Waals surface area contributed by atoms with Gasteiger partial charge in [-0.3, -0.25) is 0 Å². The number of thioether (sulfide) groups is 1. The average molecular weight is 340 g/mol. The van der Waals surface area contributed by atoms with Crippen molar-refractivity contribution in [3.05, 3.63) is 58.3 Å². The molecule has 124 valence electrons. The molecule has 0 unspecified atom stereocenters. The van der Waals surface area contributed by atoms with Gasteiger partial charge < -0.3 is 4.74 Å². The minimum atomic E-state index is -0.293. The maximum absolute atomic E-state index is 11.8. The number of nitrogens with zero attached hydrogens (tertiary/aromatic N) is 2. The molecule has 1 aromatic carbocycles. The molecule has 0 saturated carbocycles. The summed E-state index contributed by atoms with van der Waals surface area (Å²) in [5.74, 6) is 0.397. The SMILES string of the molecule is CCCOC(=O)c1ccc(CSc2nc(C)cc(C)c2C#N)cc1.